The molecule has 0 saturated carbocycles. The molecule has 0 radical (unpaired) electrons. The number of rotatable bonds is 2. The molecule has 1 aromatic carbocycles. The molecule has 6 heteroatoms. The maximum atomic E-state index is 13.1. The number of nitrogens with zero attached hydrogens (tertiary/aromatic N) is 2. The van der Waals surface area contributed by atoms with Crippen LogP contribution in [0.5, 0.6) is 0 Å². The summed E-state index contributed by atoms with van der Waals surface area (Å²) in [7, 11) is 0. The van der Waals surface area contributed by atoms with Crippen LogP contribution in [0, 0.1) is 5.41 Å². The summed E-state index contributed by atoms with van der Waals surface area (Å²) >= 11 is 0. The smallest absolute Gasteiger partial charge is 0.253 e. The van der Waals surface area contributed by atoms with Crippen LogP contribution in [-0.4, -0.2) is 53.8 Å². The van der Waals surface area contributed by atoms with Gasteiger partial charge in [-0.05, 0) is 44.7 Å². The number of carbonyl (C=O) groups excluding carboxylic acids is 2. The maximum absolute atomic E-state index is 13.1. The van der Waals surface area contributed by atoms with Crippen molar-refractivity contribution in [1.29, 1.82) is 0 Å². The van der Waals surface area contributed by atoms with Crippen molar-refractivity contribution in [3.63, 3.8) is 0 Å². The molecule has 5 nitrogen and oxygen atoms in total. The van der Waals surface area contributed by atoms with Crippen LogP contribution < -0.4 is 5.73 Å². The highest BCUT2D eigenvalue weighted by atomic mass is 35.5. The van der Waals surface area contributed by atoms with Crippen molar-refractivity contribution in [2.24, 2.45) is 11.1 Å². The van der Waals surface area contributed by atoms with E-state index in [4.69, 9.17) is 5.73 Å². The van der Waals surface area contributed by atoms with Gasteiger partial charge in [-0.25, -0.2) is 0 Å². The molecule has 2 unspecified atom stereocenters. The van der Waals surface area contributed by atoms with Gasteiger partial charge in [-0.15, -0.1) is 12.4 Å². The fourth-order valence-electron chi connectivity index (χ4n) is 3.93. The van der Waals surface area contributed by atoms with Gasteiger partial charge in [0, 0.05) is 37.8 Å². The first-order valence-electron chi connectivity index (χ1n) is 8.89. The molecule has 138 valence electrons. The van der Waals surface area contributed by atoms with Crippen LogP contribution in [-0.2, 0) is 4.79 Å². The van der Waals surface area contributed by atoms with Gasteiger partial charge in [-0.3, -0.25) is 9.59 Å². The van der Waals surface area contributed by atoms with Crippen LogP contribution in [0.1, 0.15) is 43.0 Å². The highest BCUT2D eigenvalue weighted by molar-refractivity contribution is 5.95. The lowest BCUT2D eigenvalue weighted by Gasteiger charge is -2.43. The van der Waals surface area contributed by atoms with E-state index >= 15 is 0 Å². The standard InChI is InChI=1S/C19H27N3O2.ClH/c1-19(18(24)21-11-5-9-16(20)13-21)10-6-12-22(14-19)17(23)15-7-3-2-4-8-15;/h2-4,7-8,16H,5-6,9-14,20H2,1H3;1H. The molecular weight excluding hydrogens is 338 g/mol. The minimum absolute atomic E-state index is 0. The van der Waals surface area contributed by atoms with Crippen molar-refractivity contribution in [3.8, 4) is 0 Å². The number of nitrogens with two attached hydrogens (primary N) is 1. The first-order valence-corrected chi connectivity index (χ1v) is 8.89. The van der Waals surface area contributed by atoms with Crippen LogP contribution in [0.4, 0.5) is 0 Å². The van der Waals surface area contributed by atoms with Crippen molar-refractivity contribution in [2.75, 3.05) is 26.2 Å². The minimum Gasteiger partial charge on any atom is -0.341 e. The molecule has 0 aromatic heterocycles. The topological polar surface area (TPSA) is 66.6 Å². The van der Waals surface area contributed by atoms with E-state index in [9.17, 15) is 9.59 Å². The minimum atomic E-state index is -0.500. The highest BCUT2D eigenvalue weighted by Gasteiger charge is 2.42. The van der Waals surface area contributed by atoms with Crippen LogP contribution in [0.2, 0.25) is 0 Å². The van der Waals surface area contributed by atoms with Gasteiger partial charge in [-0.1, -0.05) is 18.2 Å². The molecule has 0 bridgehead atoms. The van der Waals surface area contributed by atoms with E-state index in [0.717, 1.165) is 38.8 Å². The Labute approximate surface area is 155 Å². The fourth-order valence-corrected chi connectivity index (χ4v) is 3.93. The number of likely N-dealkylation sites (tertiary alicyclic amines) is 2. The van der Waals surface area contributed by atoms with Gasteiger partial charge in [-0.2, -0.15) is 0 Å². The molecule has 2 fully saturated rings. The van der Waals surface area contributed by atoms with Crippen molar-refractivity contribution < 1.29 is 9.59 Å². The lowest BCUT2D eigenvalue weighted by molar-refractivity contribution is -0.145. The largest absolute Gasteiger partial charge is 0.341 e. The number of hydrogen-bond acceptors (Lipinski definition) is 3. The van der Waals surface area contributed by atoms with E-state index in [1.807, 2.05) is 47.1 Å². The molecule has 0 aliphatic carbocycles. The average molecular weight is 366 g/mol. The number of halogens is 1. The number of benzene rings is 1. The van der Waals surface area contributed by atoms with E-state index < -0.39 is 5.41 Å². The number of amides is 2. The maximum Gasteiger partial charge on any atom is 0.253 e. The summed E-state index contributed by atoms with van der Waals surface area (Å²) in [5.74, 6) is 0.174. The highest BCUT2D eigenvalue weighted by Crippen LogP contribution is 2.33. The Balaban J connectivity index is 0.00000225. The van der Waals surface area contributed by atoms with Crippen molar-refractivity contribution >= 4 is 24.2 Å². The van der Waals surface area contributed by atoms with Gasteiger partial charge >= 0.3 is 0 Å². The van der Waals surface area contributed by atoms with Gasteiger partial charge in [0.15, 0.2) is 0 Å². The van der Waals surface area contributed by atoms with Crippen molar-refractivity contribution in [1.82, 2.24) is 9.80 Å². The van der Waals surface area contributed by atoms with E-state index in [1.54, 1.807) is 0 Å². The predicted octanol–water partition coefficient (Wildman–Crippen LogP) is 2.30. The number of carbonyl (C=O) groups is 2. The molecule has 0 spiro atoms. The summed E-state index contributed by atoms with van der Waals surface area (Å²) in [5.41, 5.74) is 6.22. The van der Waals surface area contributed by atoms with E-state index in [1.165, 1.54) is 0 Å². The summed E-state index contributed by atoms with van der Waals surface area (Å²) in [6.45, 7) is 4.64. The van der Waals surface area contributed by atoms with Gasteiger partial charge in [0.2, 0.25) is 5.91 Å². The van der Waals surface area contributed by atoms with Gasteiger partial charge < -0.3 is 15.5 Å². The first-order chi connectivity index (χ1) is 11.5. The van der Waals surface area contributed by atoms with Crippen molar-refractivity contribution in [2.45, 2.75) is 38.6 Å². The van der Waals surface area contributed by atoms with Gasteiger partial charge in [0.05, 0.1) is 5.41 Å². The zero-order chi connectivity index (χ0) is 17.2. The quantitative estimate of drug-likeness (QED) is 0.874. The van der Waals surface area contributed by atoms with Crippen LogP contribution in [0.15, 0.2) is 30.3 Å². The van der Waals surface area contributed by atoms with Gasteiger partial charge in [0.1, 0.15) is 0 Å². The monoisotopic (exact) mass is 365 g/mol. The molecule has 2 heterocycles. The number of piperidine rings is 2. The summed E-state index contributed by atoms with van der Waals surface area (Å²) in [5, 5.41) is 0. The second-order valence-corrected chi connectivity index (χ2v) is 7.41. The van der Waals surface area contributed by atoms with E-state index in [0.29, 0.717) is 18.7 Å². The van der Waals surface area contributed by atoms with Gasteiger partial charge in [0.25, 0.3) is 5.91 Å². The molecule has 2 aliphatic rings. The number of hydrogen-bond donors (Lipinski definition) is 1. The third kappa shape index (κ3) is 4.33. The summed E-state index contributed by atoms with van der Waals surface area (Å²) in [6.07, 6.45) is 3.64. The molecule has 25 heavy (non-hydrogen) atoms. The average Bonchev–Trinajstić information content (AvgIpc) is 2.61. The third-order valence-corrected chi connectivity index (χ3v) is 5.27. The molecule has 1 aromatic rings. The molecular formula is C19H28ClN3O2. The Hall–Kier alpha value is -1.59. The Morgan fingerprint density at radius 1 is 1.12 bits per heavy atom. The summed E-state index contributed by atoms with van der Waals surface area (Å²) < 4.78 is 0. The second kappa shape index (κ2) is 8.19. The Morgan fingerprint density at radius 3 is 2.48 bits per heavy atom. The zero-order valence-electron chi connectivity index (χ0n) is 14.8. The molecule has 2 aliphatic heterocycles. The molecule has 2 saturated heterocycles. The van der Waals surface area contributed by atoms with E-state index in [2.05, 4.69) is 0 Å². The predicted molar refractivity (Wildman–Crippen MR) is 101 cm³/mol. The Morgan fingerprint density at radius 2 is 1.80 bits per heavy atom. The lowest BCUT2D eigenvalue weighted by Crippen LogP contribution is -2.56. The Kier molecular flexibility index (Phi) is 6.47. The van der Waals surface area contributed by atoms with Crippen LogP contribution in [0.25, 0.3) is 0 Å². The van der Waals surface area contributed by atoms with Crippen LogP contribution in [0.3, 0.4) is 0 Å². The van der Waals surface area contributed by atoms with E-state index in [-0.39, 0.29) is 30.3 Å². The molecule has 2 amide bonds. The molecule has 3 rings (SSSR count). The lowest BCUT2D eigenvalue weighted by atomic mass is 9.79. The zero-order valence-corrected chi connectivity index (χ0v) is 15.6. The SMILES string of the molecule is CC1(C(=O)N2CCCC(N)C2)CCCN(C(=O)c2ccccc2)C1.Cl. The third-order valence-electron chi connectivity index (χ3n) is 5.27. The second-order valence-electron chi connectivity index (χ2n) is 7.41. The summed E-state index contributed by atoms with van der Waals surface area (Å²) in [6, 6.07) is 9.39. The van der Waals surface area contributed by atoms with Crippen LogP contribution >= 0.6 is 12.4 Å². The Bertz CT molecular complexity index is 610. The fraction of sp³-hybridized carbons (Fsp3) is 0.579. The molecule has 2 N–H and O–H groups in total. The van der Waals surface area contributed by atoms with Crippen molar-refractivity contribution in [3.05, 3.63) is 35.9 Å². The summed E-state index contributed by atoms with van der Waals surface area (Å²) in [4.78, 5) is 29.5. The first kappa shape index (κ1) is 19.7. The normalized spacial score (nSPS) is 26.7. The molecule has 2 atom stereocenters.